The number of likely N-dealkylation sites (tertiary alicyclic amines) is 1. The van der Waals surface area contributed by atoms with Gasteiger partial charge >= 0.3 is 12.1 Å². The number of halogens is 1. The molecule has 20 heavy (non-hydrogen) atoms. The highest BCUT2D eigenvalue weighted by atomic mass is 79.9. The van der Waals surface area contributed by atoms with Crippen LogP contribution in [0.15, 0.2) is 0 Å². The summed E-state index contributed by atoms with van der Waals surface area (Å²) >= 11 is 3.11. The number of carbonyl (C=O) groups excluding carboxylic acids is 2. The van der Waals surface area contributed by atoms with E-state index >= 15 is 0 Å². The van der Waals surface area contributed by atoms with Gasteiger partial charge in [-0.1, -0.05) is 15.9 Å². The highest BCUT2D eigenvalue weighted by Gasteiger charge is 2.52. The molecule has 9 heteroatoms. The van der Waals surface area contributed by atoms with Crippen molar-refractivity contribution in [2.24, 2.45) is 0 Å². The van der Waals surface area contributed by atoms with Gasteiger partial charge in [0, 0.05) is 5.33 Å². The molecule has 3 atom stereocenters. The lowest BCUT2D eigenvalue weighted by Crippen LogP contribution is -2.74. The molecule has 0 aromatic carbocycles. The van der Waals surface area contributed by atoms with E-state index in [2.05, 4.69) is 21.2 Å². The molecular weight excluding hydrogens is 336 g/mol. The van der Waals surface area contributed by atoms with Crippen molar-refractivity contribution in [3.63, 3.8) is 0 Å². The van der Waals surface area contributed by atoms with Crippen molar-refractivity contribution < 1.29 is 29.3 Å². The third-order valence-corrected chi connectivity index (χ3v) is 3.24. The van der Waals surface area contributed by atoms with Crippen molar-refractivity contribution in [3.05, 3.63) is 0 Å². The molecule has 8 nitrogen and oxygen atoms in total. The van der Waals surface area contributed by atoms with Gasteiger partial charge in [-0.2, -0.15) is 0 Å². The van der Waals surface area contributed by atoms with E-state index in [1.165, 1.54) is 0 Å². The number of carbonyl (C=O) groups is 3. The fourth-order valence-corrected chi connectivity index (χ4v) is 2.43. The zero-order chi connectivity index (χ0) is 15.7. The Balaban J connectivity index is 2.68. The fourth-order valence-electron chi connectivity index (χ4n) is 1.74. The van der Waals surface area contributed by atoms with E-state index in [1.54, 1.807) is 20.8 Å². The summed E-state index contributed by atoms with van der Waals surface area (Å²) < 4.78 is 5.01. The number of aliphatic carboxylic acids is 1. The number of nitrogens with one attached hydrogen (secondary N) is 1. The predicted molar refractivity (Wildman–Crippen MR) is 71.2 cm³/mol. The summed E-state index contributed by atoms with van der Waals surface area (Å²) in [5.74, 6) is -2.20. The molecule has 1 fully saturated rings. The van der Waals surface area contributed by atoms with E-state index in [1.807, 2.05) is 0 Å². The number of carboxylic acid groups (broad SMARTS) is 1. The number of nitrogens with zero attached hydrogens (tertiary/aromatic N) is 1. The Hall–Kier alpha value is -1.35. The first-order valence-corrected chi connectivity index (χ1v) is 6.99. The second-order valence-corrected chi connectivity index (χ2v) is 5.95. The molecule has 0 saturated carbocycles. The molecule has 0 bridgehead atoms. The number of aliphatic hydroxyl groups excluding tert-OH is 1. The van der Waals surface area contributed by atoms with E-state index in [9.17, 15) is 19.5 Å². The van der Waals surface area contributed by atoms with Gasteiger partial charge < -0.3 is 20.3 Å². The monoisotopic (exact) mass is 352 g/mol. The minimum Gasteiger partial charge on any atom is -0.478 e. The van der Waals surface area contributed by atoms with Crippen LogP contribution in [-0.2, 0) is 14.3 Å². The van der Waals surface area contributed by atoms with Gasteiger partial charge in [-0.05, 0) is 20.8 Å². The van der Waals surface area contributed by atoms with E-state index < -0.39 is 41.9 Å². The average Bonchev–Trinajstić information content (AvgIpc) is 2.29. The Morgan fingerprint density at radius 3 is 2.45 bits per heavy atom. The first-order valence-electron chi connectivity index (χ1n) is 5.87. The molecular formula is C11H17BrN2O6. The number of amides is 2. The SMILES string of the molecule is CC(C)(C)OC(=O)N[C@@H]1C(=O)N(C(O)C(=O)O)[C@@H]1CBr. The molecule has 1 unspecified atom stereocenters. The van der Waals surface area contributed by atoms with Gasteiger partial charge in [0.1, 0.15) is 11.6 Å². The maximum Gasteiger partial charge on any atom is 0.408 e. The molecule has 114 valence electrons. The molecule has 0 aromatic rings. The summed E-state index contributed by atoms with van der Waals surface area (Å²) in [6.45, 7) is 5.03. The van der Waals surface area contributed by atoms with Crippen LogP contribution in [0, 0.1) is 0 Å². The third-order valence-electron chi connectivity index (χ3n) is 2.58. The molecule has 0 aliphatic carbocycles. The molecule has 0 aromatic heterocycles. The summed E-state index contributed by atoms with van der Waals surface area (Å²) in [4.78, 5) is 34.8. The third kappa shape index (κ3) is 3.60. The van der Waals surface area contributed by atoms with Crippen LogP contribution in [-0.4, -0.2) is 62.3 Å². The van der Waals surface area contributed by atoms with Gasteiger partial charge in [-0.3, -0.25) is 9.69 Å². The Morgan fingerprint density at radius 1 is 1.50 bits per heavy atom. The smallest absolute Gasteiger partial charge is 0.408 e. The van der Waals surface area contributed by atoms with Gasteiger partial charge in [0.15, 0.2) is 0 Å². The van der Waals surface area contributed by atoms with Gasteiger partial charge in [0.05, 0.1) is 6.04 Å². The number of hydrogen-bond acceptors (Lipinski definition) is 5. The first-order chi connectivity index (χ1) is 9.08. The van der Waals surface area contributed by atoms with Crippen molar-refractivity contribution >= 4 is 33.9 Å². The standard InChI is InChI=1S/C11H17BrN2O6/c1-11(2,3)20-10(19)13-6-5(4-12)14(7(6)15)8(16)9(17)18/h5-6,8,16H,4H2,1-3H3,(H,13,19)(H,17,18)/t5-,6+,8?/m1/s1. The van der Waals surface area contributed by atoms with Crippen molar-refractivity contribution in [3.8, 4) is 0 Å². The Bertz CT molecular complexity index is 422. The second-order valence-electron chi connectivity index (χ2n) is 5.30. The highest BCUT2D eigenvalue weighted by Crippen LogP contribution is 2.24. The summed E-state index contributed by atoms with van der Waals surface area (Å²) in [6.07, 6.45) is -2.70. The molecule has 0 radical (unpaired) electrons. The van der Waals surface area contributed by atoms with Gasteiger partial charge in [0.25, 0.3) is 0 Å². The summed E-state index contributed by atoms with van der Waals surface area (Å²) in [5.41, 5.74) is -0.707. The Morgan fingerprint density at radius 2 is 2.05 bits per heavy atom. The zero-order valence-corrected chi connectivity index (χ0v) is 12.9. The van der Waals surface area contributed by atoms with Crippen LogP contribution in [0.4, 0.5) is 4.79 Å². The maximum absolute atomic E-state index is 11.8. The van der Waals surface area contributed by atoms with Crippen LogP contribution in [0.5, 0.6) is 0 Å². The zero-order valence-electron chi connectivity index (χ0n) is 11.3. The number of carboxylic acids is 1. The van der Waals surface area contributed by atoms with Crippen LogP contribution in [0.1, 0.15) is 20.8 Å². The number of aliphatic hydroxyl groups is 1. The van der Waals surface area contributed by atoms with Gasteiger partial charge in [-0.15, -0.1) is 0 Å². The molecule has 2 amide bonds. The lowest BCUT2D eigenvalue weighted by molar-refractivity contribution is -0.181. The Labute approximate surface area is 124 Å². The van der Waals surface area contributed by atoms with Gasteiger partial charge in [0.2, 0.25) is 12.1 Å². The second kappa shape index (κ2) is 5.96. The highest BCUT2D eigenvalue weighted by molar-refractivity contribution is 9.09. The molecule has 1 heterocycles. The number of alkyl carbamates (subject to hydrolysis) is 1. The predicted octanol–water partition coefficient (Wildman–Crippen LogP) is -0.112. The molecule has 1 aliphatic rings. The topological polar surface area (TPSA) is 116 Å². The summed E-state index contributed by atoms with van der Waals surface area (Å²) in [5, 5.41) is 20.7. The summed E-state index contributed by atoms with van der Waals surface area (Å²) in [6, 6.07) is -1.57. The lowest BCUT2D eigenvalue weighted by atomic mass is 9.96. The minimum absolute atomic E-state index is 0.212. The van der Waals surface area contributed by atoms with Crippen LogP contribution < -0.4 is 5.32 Å². The lowest BCUT2D eigenvalue weighted by Gasteiger charge is -2.47. The van der Waals surface area contributed by atoms with Gasteiger partial charge in [-0.25, -0.2) is 9.59 Å². The number of hydrogen-bond donors (Lipinski definition) is 3. The van der Waals surface area contributed by atoms with Crippen LogP contribution >= 0.6 is 15.9 Å². The average molecular weight is 353 g/mol. The molecule has 1 saturated heterocycles. The summed E-state index contributed by atoms with van der Waals surface area (Å²) in [7, 11) is 0. The fraction of sp³-hybridized carbons (Fsp3) is 0.727. The molecule has 1 rings (SSSR count). The van der Waals surface area contributed by atoms with E-state index in [4.69, 9.17) is 9.84 Å². The van der Waals surface area contributed by atoms with Crippen LogP contribution in [0.25, 0.3) is 0 Å². The van der Waals surface area contributed by atoms with E-state index in [0.717, 1.165) is 4.90 Å². The van der Waals surface area contributed by atoms with Crippen molar-refractivity contribution in [1.82, 2.24) is 10.2 Å². The molecule has 3 N–H and O–H groups in total. The quantitative estimate of drug-likeness (QED) is 0.480. The number of β-lactam (4-membered cyclic amide) rings is 1. The van der Waals surface area contributed by atoms with Crippen molar-refractivity contribution in [1.29, 1.82) is 0 Å². The molecule has 0 spiro atoms. The normalized spacial score (nSPS) is 23.9. The van der Waals surface area contributed by atoms with Crippen LogP contribution in [0.3, 0.4) is 0 Å². The number of rotatable bonds is 4. The van der Waals surface area contributed by atoms with E-state index in [-0.39, 0.29) is 5.33 Å². The first kappa shape index (κ1) is 16.7. The maximum atomic E-state index is 11.8. The number of alkyl halides is 1. The minimum atomic E-state index is -1.93. The van der Waals surface area contributed by atoms with Crippen molar-refractivity contribution in [2.45, 2.75) is 44.7 Å². The number of ether oxygens (including phenoxy) is 1. The van der Waals surface area contributed by atoms with E-state index in [0.29, 0.717) is 0 Å². The Kier molecular flexibility index (Phi) is 4.98. The molecule has 1 aliphatic heterocycles. The van der Waals surface area contributed by atoms with Crippen LogP contribution in [0.2, 0.25) is 0 Å². The largest absolute Gasteiger partial charge is 0.478 e. The van der Waals surface area contributed by atoms with Crippen molar-refractivity contribution in [2.75, 3.05) is 5.33 Å².